The summed E-state index contributed by atoms with van der Waals surface area (Å²) in [5.74, 6) is 1.45. The molecule has 0 amide bonds. The van der Waals surface area contributed by atoms with Gasteiger partial charge < -0.3 is 10.1 Å². The molecular formula is C14H21NO2S. The average molecular weight is 267 g/mol. The van der Waals surface area contributed by atoms with E-state index < -0.39 is 10.8 Å². The lowest BCUT2D eigenvalue weighted by Gasteiger charge is -2.10. The van der Waals surface area contributed by atoms with Gasteiger partial charge in [-0.25, -0.2) is 0 Å². The van der Waals surface area contributed by atoms with Crippen molar-refractivity contribution >= 4 is 10.8 Å². The van der Waals surface area contributed by atoms with Gasteiger partial charge in [-0.3, -0.25) is 4.21 Å². The highest BCUT2D eigenvalue weighted by molar-refractivity contribution is 7.85. The zero-order valence-electron chi connectivity index (χ0n) is 10.9. The minimum absolute atomic E-state index is 0.639. The quantitative estimate of drug-likeness (QED) is 0.859. The molecule has 1 heterocycles. The normalized spacial score (nSPS) is 20.8. The van der Waals surface area contributed by atoms with Crippen LogP contribution in [0.5, 0.6) is 5.75 Å². The molecule has 0 radical (unpaired) electrons. The first-order valence-corrected chi connectivity index (χ1v) is 7.88. The lowest BCUT2D eigenvalue weighted by Crippen LogP contribution is -2.21. The highest BCUT2D eigenvalue weighted by Gasteiger charge is 2.15. The smallest absolute Gasteiger partial charge is 0.134 e. The Labute approximate surface area is 111 Å². The van der Waals surface area contributed by atoms with E-state index in [1.807, 2.05) is 24.3 Å². The number of nitrogens with one attached hydrogen (secondary N) is 1. The van der Waals surface area contributed by atoms with Gasteiger partial charge in [0.25, 0.3) is 0 Å². The standard InChI is InChI=1S/C14H21NO2S/c1-17-13-8-2-3-9-14(13)18(16)11-5-7-12-6-4-10-15-12/h2-3,8-9,12,15H,4-7,10-11H2,1H3. The van der Waals surface area contributed by atoms with E-state index >= 15 is 0 Å². The fourth-order valence-corrected chi connectivity index (χ4v) is 3.64. The van der Waals surface area contributed by atoms with Crippen molar-refractivity contribution in [1.29, 1.82) is 0 Å². The summed E-state index contributed by atoms with van der Waals surface area (Å²) in [4.78, 5) is 0.819. The van der Waals surface area contributed by atoms with Crippen LogP contribution in [0.2, 0.25) is 0 Å². The highest BCUT2D eigenvalue weighted by Crippen LogP contribution is 2.22. The maximum Gasteiger partial charge on any atom is 0.134 e. The molecule has 100 valence electrons. The predicted molar refractivity (Wildman–Crippen MR) is 74.5 cm³/mol. The minimum atomic E-state index is -0.948. The first kappa shape index (κ1) is 13.6. The first-order valence-electron chi connectivity index (χ1n) is 6.56. The Kier molecular flexibility index (Phi) is 5.20. The van der Waals surface area contributed by atoms with E-state index in [9.17, 15) is 4.21 Å². The second-order valence-electron chi connectivity index (χ2n) is 4.64. The molecule has 1 N–H and O–H groups in total. The van der Waals surface area contributed by atoms with Crippen molar-refractivity contribution in [3.63, 3.8) is 0 Å². The van der Waals surface area contributed by atoms with Gasteiger partial charge in [-0.05, 0) is 44.4 Å². The summed E-state index contributed by atoms with van der Waals surface area (Å²) in [6.07, 6.45) is 4.67. The third-order valence-electron chi connectivity index (χ3n) is 3.36. The molecule has 2 rings (SSSR count). The van der Waals surface area contributed by atoms with Crippen LogP contribution < -0.4 is 10.1 Å². The Hall–Kier alpha value is -0.870. The van der Waals surface area contributed by atoms with Crippen molar-refractivity contribution in [3.8, 4) is 5.75 Å². The number of para-hydroxylation sites is 1. The monoisotopic (exact) mass is 267 g/mol. The summed E-state index contributed by atoms with van der Waals surface area (Å²) in [5.41, 5.74) is 0. The van der Waals surface area contributed by atoms with E-state index in [0.29, 0.717) is 6.04 Å². The Bertz CT molecular complexity index is 403. The van der Waals surface area contributed by atoms with Gasteiger partial charge in [-0.1, -0.05) is 12.1 Å². The molecule has 0 saturated carbocycles. The zero-order chi connectivity index (χ0) is 12.8. The number of methoxy groups -OCH3 is 1. The van der Waals surface area contributed by atoms with Crippen molar-refractivity contribution in [3.05, 3.63) is 24.3 Å². The molecule has 1 saturated heterocycles. The van der Waals surface area contributed by atoms with Gasteiger partial charge in [-0.2, -0.15) is 0 Å². The van der Waals surface area contributed by atoms with Crippen LogP contribution in [0, 0.1) is 0 Å². The fraction of sp³-hybridized carbons (Fsp3) is 0.571. The van der Waals surface area contributed by atoms with E-state index in [-0.39, 0.29) is 0 Å². The van der Waals surface area contributed by atoms with Crippen LogP contribution >= 0.6 is 0 Å². The van der Waals surface area contributed by atoms with Crippen LogP contribution in [0.25, 0.3) is 0 Å². The molecule has 18 heavy (non-hydrogen) atoms. The lowest BCUT2D eigenvalue weighted by atomic mass is 10.1. The summed E-state index contributed by atoms with van der Waals surface area (Å²) >= 11 is 0. The van der Waals surface area contributed by atoms with Gasteiger partial charge in [0.2, 0.25) is 0 Å². The van der Waals surface area contributed by atoms with Crippen LogP contribution in [0.1, 0.15) is 25.7 Å². The summed E-state index contributed by atoms with van der Waals surface area (Å²) in [6, 6.07) is 8.21. The van der Waals surface area contributed by atoms with Gasteiger partial charge in [-0.15, -0.1) is 0 Å². The molecule has 1 fully saturated rings. The molecule has 0 spiro atoms. The largest absolute Gasteiger partial charge is 0.495 e. The number of benzene rings is 1. The molecule has 2 atom stereocenters. The van der Waals surface area contributed by atoms with E-state index in [4.69, 9.17) is 4.74 Å². The van der Waals surface area contributed by atoms with Gasteiger partial charge in [0.1, 0.15) is 5.75 Å². The fourth-order valence-electron chi connectivity index (χ4n) is 2.38. The number of hydrogen-bond acceptors (Lipinski definition) is 3. The van der Waals surface area contributed by atoms with Gasteiger partial charge >= 0.3 is 0 Å². The maximum absolute atomic E-state index is 12.2. The zero-order valence-corrected chi connectivity index (χ0v) is 11.7. The van der Waals surface area contributed by atoms with Crippen LogP contribution in [-0.2, 0) is 10.8 Å². The van der Waals surface area contributed by atoms with Gasteiger partial charge in [0.05, 0.1) is 22.8 Å². The molecule has 1 aromatic carbocycles. The topological polar surface area (TPSA) is 38.3 Å². The Morgan fingerprint density at radius 3 is 3.00 bits per heavy atom. The molecular weight excluding hydrogens is 246 g/mol. The van der Waals surface area contributed by atoms with Crippen molar-refractivity contribution in [2.24, 2.45) is 0 Å². The van der Waals surface area contributed by atoms with E-state index in [2.05, 4.69) is 5.32 Å². The summed E-state index contributed by atoms with van der Waals surface area (Å²) in [5, 5.41) is 3.47. The molecule has 0 aromatic heterocycles. The van der Waals surface area contributed by atoms with Crippen molar-refractivity contribution < 1.29 is 8.95 Å². The summed E-state index contributed by atoms with van der Waals surface area (Å²) in [6.45, 7) is 1.14. The molecule has 4 heteroatoms. The molecule has 1 aliphatic rings. The first-order chi connectivity index (χ1) is 8.81. The summed E-state index contributed by atoms with van der Waals surface area (Å²) in [7, 11) is 0.676. The third-order valence-corrected chi connectivity index (χ3v) is 4.85. The minimum Gasteiger partial charge on any atom is -0.495 e. The SMILES string of the molecule is COc1ccccc1S(=O)CCCC1CCCN1. The number of ether oxygens (including phenoxy) is 1. The summed E-state index contributed by atoms with van der Waals surface area (Å²) < 4.78 is 17.4. The molecule has 1 aliphatic heterocycles. The Morgan fingerprint density at radius 2 is 2.28 bits per heavy atom. The third kappa shape index (κ3) is 3.56. The van der Waals surface area contributed by atoms with E-state index in [1.54, 1.807) is 7.11 Å². The average Bonchev–Trinajstić information content (AvgIpc) is 2.91. The van der Waals surface area contributed by atoms with Crippen LogP contribution in [-0.4, -0.2) is 29.7 Å². The van der Waals surface area contributed by atoms with Gasteiger partial charge in [0.15, 0.2) is 0 Å². The Morgan fingerprint density at radius 1 is 1.44 bits per heavy atom. The molecule has 0 bridgehead atoms. The predicted octanol–water partition coefficient (Wildman–Crippen LogP) is 2.33. The van der Waals surface area contributed by atoms with Crippen molar-refractivity contribution in [2.45, 2.75) is 36.6 Å². The molecule has 0 aliphatic carbocycles. The van der Waals surface area contributed by atoms with E-state index in [1.165, 1.54) is 12.8 Å². The van der Waals surface area contributed by atoms with E-state index in [0.717, 1.165) is 35.8 Å². The maximum atomic E-state index is 12.2. The number of hydrogen-bond donors (Lipinski definition) is 1. The van der Waals surface area contributed by atoms with Gasteiger partial charge in [0, 0.05) is 11.8 Å². The number of rotatable bonds is 6. The Balaban J connectivity index is 1.83. The highest BCUT2D eigenvalue weighted by atomic mass is 32.2. The van der Waals surface area contributed by atoms with Crippen molar-refractivity contribution in [2.75, 3.05) is 19.4 Å². The van der Waals surface area contributed by atoms with Crippen LogP contribution in [0.4, 0.5) is 0 Å². The van der Waals surface area contributed by atoms with Crippen molar-refractivity contribution in [1.82, 2.24) is 5.32 Å². The molecule has 3 nitrogen and oxygen atoms in total. The second-order valence-corrected chi connectivity index (χ2v) is 6.18. The second kappa shape index (κ2) is 6.90. The molecule has 1 aromatic rings. The van der Waals surface area contributed by atoms with Crippen LogP contribution in [0.3, 0.4) is 0 Å². The van der Waals surface area contributed by atoms with Crippen LogP contribution in [0.15, 0.2) is 29.2 Å². The lowest BCUT2D eigenvalue weighted by molar-refractivity contribution is 0.404. The molecule has 2 unspecified atom stereocenters.